The molecule has 0 aromatic heterocycles. The van der Waals surface area contributed by atoms with Gasteiger partial charge in [-0.1, -0.05) is 0 Å². The third-order valence-corrected chi connectivity index (χ3v) is 8.21. The predicted molar refractivity (Wildman–Crippen MR) is 123 cm³/mol. The zero-order valence-electron chi connectivity index (χ0n) is 17.3. The standard InChI is InChI=1S/2C11H15ClO.2ClH.Ti/c2*1-11(2,7-8-12)9-5-3-4-6-10(9)13;;;/h2*3-6,13H,7-8H2,1-2H3;2*1H;/q;;;;+4/p-4. The van der Waals surface area contributed by atoms with Crippen LogP contribution in [0.5, 0.6) is 11.5 Å². The molecule has 160 valence electrons. The van der Waals surface area contributed by atoms with Crippen LogP contribution >= 0.6 is 41.8 Å². The Morgan fingerprint density at radius 2 is 1.03 bits per heavy atom. The average Bonchev–Trinajstić information content (AvgIpc) is 2.61. The van der Waals surface area contributed by atoms with Crippen LogP contribution in [-0.4, -0.2) is 11.8 Å². The maximum absolute atomic E-state index is 6.66. The number of para-hydroxylation sites is 2. The van der Waals surface area contributed by atoms with Crippen molar-refractivity contribution in [3.63, 3.8) is 0 Å². The van der Waals surface area contributed by atoms with E-state index in [0.29, 0.717) is 23.3 Å². The topological polar surface area (TPSA) is 18.5 Å². The molecule has 0 saturated carbocycles. The second-order valence-electron chi connectivity index (χ2n) is 8.31. The summed E-state index contributed by atoms with van der Waals surface area (Å²) in [5.41, 5.74) is 1.67. The molecule has 0 aliphatic rings. The van der Waals surface area contributed by atoms with Crippen molar-refractivity contribution in [2.45, 2.75) is 51.4 Å². The second kappa shape index (κ2) is 10.5. The van der Waals surface area contributed by atoms with Gasteiger partial charge in [-0.05, 0) is 0 Å². The normalized spacial score (nSPS) is 12.7. The van der Waals surface area contributed by atoms with Crippen molar-refractivity contribution in [1.29, 1.82) is 0 Å². The molecule has 2 nitrogen and oxygen atoms in total. The molecule has 29 heavy (non-hydrogen) atoms. The molecule has 0 N–H and O–H groups in total. The summed E-state index contributed by atoms with van der Waals surface area (Å²) in [7, 11) is 13.3. The summed E-state index contributed by atoms with van der Waals surface area (Å²) >= 11 is 7.84. The van der Waals surface area contributed by atoms with Crippen molar-refractivity contribution < 1.29 is 21.9 Å². The number of alkyl halides is 2. The van der Waals surface area contributed by atoms with E-state index in [-0.39, 0.29) is 10.8 Å². The van der Waals surface area contributed by atoms with Gasteiger partial charge in [-0.25, -0.2) is 0 Å². The number of rotatable bonds is 10. The molecule has 0 aliphatic carbocycles. The Kier molecular flexibility index (Phi) is 9.10. The van der Waals surface area contributed by atoms with E-state index in [2.05, 4.69) is 27.7 Å². The molecule has 0 atom stereocenters. The van der Waals surface area contributed by atoms with Gasteiger partial charge in [0, 0.05) is 0 Å². The van der Waals surface area contributed by atoms with Gasteiger partial charge in [0.2, 0.25) is 0 Å². The number of benzene rings is 2. The van der Waals surface area contributed by atoms with E-state index in [1.165, 1.54) is 0 Å². The third kappa shape index (κ3) is 6.96. The zero-order chi connectivity index (χ0) is 21.7. The van der Waals surface area contributed by atoms with Gasteiger partial charge >= 0.3 is 198 Å². The molecule has 0 spiro atoms. The molecule has 0 unspecified atom stereocenters. The summed E-state index contributed by atoms with van der Waals surface area (Å²) in [5.74, 6) is 2.39. The number of halogens is 4. The summed E-state index contributed by atoms with van der Waals surface area (Å²) < 4.78 is 12.2. The summed E-state index contributed by atoms with van der Waals surface area (Å²) in [6.45, 7) is 8.50. The van der Waals surface area contributed by atoms with E-state index in [4.69, 9.17) is 48.4 Å². The van der Waals surface area contributed by atoms with Crippen molar-refractivity contribution in [3.05, 3.63) is 59.7 Å². The fourth-order valence-electron chi connectivity index (χ4n) is 3.25. The Balaban J connectivity index is 2.32. The Labute approximate surface area is 196 Å². The van der Waals surface area contributed by atoms with Crippen LogP contribution in [0.3, 0.4) is 0 Å². The molecule has 0 heterocycles. The molecule has 0 fully saturated rings. The van der Waals surface area contributed by atoms with E-state index >= 15 is 0 Å². The van der Waals surface area contributed by atoms with E-state index in [1.54, 1.807) is 0 Å². The van der Waals surface area contributed by atoms with Gasteiger partial charge < -0.3 is 0 Å². The quantitative estimate of drug-likeness (QED) is 0.235. The summed E-state index contributed by atoms with van der Waals surface area (Å²) in [6, 6.07) is 15.5. The molecular formula is C22H28Cl4O2Ti. The van der Waals surface area contributed by atoms with Gasteiger partial charge in [0.05, 0.1) is 0 Å². The Bertz CT molecular complexity index is 743. The average molecular weight is 514 g/mol. The molecule has 0 radical (unpaired) electrons. The van der Waals surface area contributed by atoms with Crippen LogP contribution in [0, 0.1) is 0 Å². The fourth-order valence-corrected chi connectivity index (χ4v) is 6.98. The first kappa shape index (κ1) is 25.2. The first-order valence-electron chi connectivity index (χ1n) is 9.59. The van der Waals surface area contributed by atoms with Crippen LogP contribution in [0.15, 0.2) is 48.5 Å². The van der Waals surface area contributed by atoms with Gasteiger partial charge in [0.15, 0.2) is 0 Å². The van der Waals surface area contributed by atoms with Crippen LogP contribution in [0.1, 0.15) is 51.7 Å². The minimum atomic E-state index is -4.16. The first-order chi connectivity index (χ1) is 13.5. The SMILES string of the molecule is CC(C)(CCCl)c1ccccc1[O][Ti]([Cl])([Cl])[O]c1ccccc1C(C)(C)CCCl. The minimum absolute atomic E-state index is 0.176. The zero-order valence-corrected chi connectivity index (χ0v) is 21.9. The molecule has 0 aliphatic heterocycles. The van der Waals surface area contributed by atoms with Gasteiger partial charge in [-0.3, -0.25) is 0 Å². The van der Waals surface area contributed by atoms with Crippen LogP contribution in [0.4, 0.5) is 0 Å². The van der Waals surface area contributed by atoms with Gasteiger partial charge in [-0.15, -0.1) is 0 Å². The molecule has 7 heteroatoms. The van der Waals surface area contributed by atoms with Crippen molar-refractivity contribution in [1.82, 2.24) is 0 Å². The van der Waals surface area contributed by atoms with Crippen molar-refractivity contribution in [3.8, 4) is 11.5 Å². The predicted octanol–water partition coefficient (Wildman–Crippen LogP) is 8.25. The number of hydrogen-bond donors (Lipinski definition) is 0. The Hall–Kier alpha value is -0.0857. The molecule has 2 aromatic rings. The van der Waals surface area contributed by atoms with Crippen LogP contribution < -0.4 is 6.64 Å². The van der Waals surface area contributed by atoms with E-state index in [9.17, 15) is 0 Å². The number of hydrogen-bond acceptors (Lipinski definition) is 2. The van der Waals surface area contributed by atoms with Crippen LogP contribution in [0.2, 0.25) is 0 Å². The molecule has 2 rings (SSSR count). The van der Waals surface area contributed by atoms with Gasteiger partial charge in [0.1, 0.15) is 0 Å². The molecule has 2 aromatic carbocycles. The van der Waals surface area contributed by atoms with Crippen LogP contribution in [-0.2, 0) is 26.1 Å². The molecule has 0 bridgehead atoms. The van der Waals surface area contributed by atoms with Crippen molar-refractivity contribution in [2.75, 3.05) is 11.8 Å². The Morgan fingerprint density at radius 1 is 0.690 bits per heavy atom. The molecule has 0 amide bonds. The van der Waals surface area contributed by atoms with E-state index < -0.39 is 15.2 Å². The maximum atomic E-state index is 6.66. The van der Waals surface area contributed by atoms with Crippen LogP contribution in [0.25, 0.3) is 0 Å². The molecular weight excluding hydrogens is 486 g/mol. The van der Waals surface area contributed by atoms with E-state index in [1.807, 2.05) is 48.5 Å². The third-order valence-electron chi connectivity index (χ3n) is 5.13. The van der Waals surface area contributed by atoms with Crippen molar-refractivity contribution in [2.24, 2.45) is 0 Å². The van der Waals surface area contributed by atoms with Gasteiger partial charge in [0.25, 0.3) is 0 Å². The first-order valence-corrected chi connectivity index (χ1v) is 16.2. The van der Waals surface area contributed by atoms with E-state index in [0.717, 1.165) is 24.0 Å². The van der Waals surface area contributed by atoms with Crippen molar-refractivity contribution >= 4 is 41.8 Å². The monoisotopic (exact) mass is 512 g/mol. The summed E-state index contributed by atoms with van der Waals surface area (Å²) in [6.07, 6.45) is 1.60. The van der Waals surface area contributed by atoms with Gasteiger partial charge in [-0.2, -0.15) is 0 Å². The summed E-state index contributed by atoms with van der Waals surface area (Å²) in [4.78, 5) is 0. The molecule has 0 saturated heterocycles. The second-order valence-corrected chi connectivity index (χ2v) is 16.0. The Morgan fingerprint density at radius 3 is 1.38 bits per heavy atom. The fraction of sp³-hybridized carbons (Fsp3) is 0.455. The summed E-state index contributed by atoms with van der Waals surface area (Å²) in [5, 5.41) is 0.